The standard InChI is InChI=1S/C35H42FN5O4/c1-20-23-9-8-16-44-31(23)26(36)18-24(20)30-25-19-27(22-10-11-37-28(17-22)41-14-12-39(6)13-15-41)40(7)33(25)38-21(2)29(30)32(34(42)43)45-35(3,4)5/h10-11,17-19,32H,8-9,12-16H2,1-7H3,(H,42,43). The van der Waals surface area contributed by atoms with Crippen molar-refractivity contribution in [2.45, 2.75) is 59.2 Å². The predicted octanol–water partition coefficient (Wildman–Crippen LogP) is 6.08. The van der Waals surface area contributed by atoms with Crippen LogP contribution in [-0.4, -0.2) is 75.9 Å². The van der Waals surface area contributed by atoms with Gasteiger partial charge in [-0.3, -0.25) is 0 Å². The third-order valence-electron chi connectivity index (χ3n) is 8.94. The van der Waals surface area contributed by atoms with Crippen LogP contribution in [0.3, 0.4) is 0 Å². The minimum Gasteiger partial charge on any atom is -0.490 e. The lowest BCUT2D eigenvalue weighted by Gasteiger charge is -2.33. The highest BCUT2D eigenvalue weighted by atomic mass is 19.1. The summed E-state index contributed by atoms with van der Waals surface area (Å²) < 4.78 is 29.7. The van der Waals surface area contributed by atoms with Crippen LogP contribution in [0.5, 0.6) is 5.75 Å². The number of nitrogens with zero attached hydrogens (tertiary/aromatic N) is 5. The number of aryl methyl sites for hydroxylation is 2. The van der Waals surface area contributed by atoms with Crippen LogP contribution in [0.2, 0.25) is 0 Å². The molecule has 6 rings (SSSR count). The molecule has 0 radical (unpaired) electrons. The number of anilines is 1. The fraction of sp³-hybridized carbons (Fsp3) is 0.457. The zero-order valence-corrected chi connectivity index (χ0v) is 27.2. The van der Waals surface area contributed by atoms with Gasteiger partial charge in [-0.05, 0) is 89.9 Å². The molecular weight excluding hydrogens is 573 g/mol. The van der Waals surface area contributed by atoms with E-state index in [-0.39, 0.29) is 5.75 Å². The number of hydrogen-bond acceptors (Lipinski definition) is 7. The topological polar surface area (TPSA) is 93.0 Å². The number of hydrogen-bond donors (Lipinski definition) is 1. The number of benzene rings is 1. The number of carboxylic acids is 1. The Labute approximate surface area is 263 Å². The molecule has 4 aromatic rings. The molecule has 238 valence electrons. The van der Waals surface area contributed by atoms with Gasteiger partial charge in [0.05, 0.1) is 17.9 Å². The van der Waals surface area contributed by atoms with Gasteiger partial charge in [-0.2, -0.15) is 0 Å². The molecule has 2 aliphatic heterocycles. The normalized spacial score (nSPS) is 16.5. The lowest BCUT2D eigenvalue weighted by molar-refractivity contribution is -0.160. The van der Waals surface area contributed by atoms with Crippen molar-refractivity contribution in [3.63, 3.8) is 0 Å². The number of likely N-dealkylation sites (N-methyl/N-ethyl adjacent to an activating group) is 1. The van der Waals surface area contributed by atoms with E-state index in [1.54, 1.807) is 6.92 Å². The summed E-state index contributed by atoms with van der Waals surface area (Å²) in [6.45, 7) is 13.4. The van der Waals surface area contributed by atoms with Crippen molar-refractivity contribution in [2.75, 3.05) is 44.7 Å². The maximum Gasteiger partial charge on any atom is 0.337 e. The molecule has 1 atom stereocenters. The van der Waals surface area contributed by atoms with E-state index in [1.807, 2.05) is 57.6 Å². The minimum absolute atomic E-state index is 0.286. The van der Waals surface area contributed by atoms with Crippen molar-refractivity contribution in [1.29, 1.82) is 0 Å². The Morgan fingerprint density at radius 3 is 2.53 bits per heavy atom. The Bertz CT molecular complexity index is 1790. The van der Waals surface area contributed by atoms with E-state index in [2.05, 4.69) is 27.9 Å². The van der Waals surface area contributed by atoms with Crippen LogP contribution in [0.15, 0.2) is 30.5 Å². The van der Waals surface area contributed by atoms with Crippen molar-refractivity contribution in [2.24, 2.45) is 7.05 Å². The molecule has 1 aromatic carbocycles. The molecule has 1 unspecified atom stereocenters. The molecule has 9 nitrogen and oxygen atoms in total. The molecule has 2 aliphatic rings. The van der Waals surface area contributed by atoms with Gasteiger partial charge in [0.25, 0.3) is 0 Å². The van der Waals surface area contributed by atoms with Crippen LogP contribution in [0.1, 0.15) is 55.7 Å². The molecular formula is C35H42FN5O4. The fourth-order valence-corrected chi connectivity index (χ4v) is 6.64. The van der Waals surface area contributed by atoms with Gasteiger partial charge < -0.3 is 28.9 Å². The third kappa shape index (κ3) is 5.77. The van der Waals surface area contributed by atoms with Crippen LogP contribution in [0.4, 0.5) is 10.2 Å². The van der Waals surface area contributed by atoms with E-state index in [9.17, 15) is 9.90 Å². The fourth-order valence-electron chi connectivity index (χ4n) is 6.64. The second-order valence-electron chi connectivity index (χ2n) is 13.2. The van der Waals surface area contributed by atoms with Crippen LogP contribution in [0, 0.1) is 19.7 Å². The summed E-state index contributed by atoms with van der Waals surface area (Å²) in [4.78, 5) is 27.1. The maximum atomic E-state index is 15.7. The molecule has 0 amide bonds. The Hall–Kier alpha value is -4.02. The smallest absolute Gasteiger partial charge is 0.337 e. The van der Waals surface area contributed by atoms with E-state index in [4.69, 9.17) is 14.5 Å². The summed E-state index contributed by atoms with van der Waals surface area (Å²) in [5, 5.41) is 11.2. The summed E-state index contributed by atoms with van der Waals surface area (Å²) in [6.07, 6.45) is 1.97. The second-order valence-corrected chi connectivity index (χ2v) is 13.2. The van der Waals surface area contributed by atoms with E-state index < -0.39 is 23.5 Å². The number of aromatic nitrogens is 3. The first-order chi connectivity index (χ1) is 21.3. The quantitative estimate of drug-likeness (QED) is 0.279. The molecule has 0 saturated carbocycles. The largest absolute Gasteiger partial charge is 0.490 e. The van der Waals surface area contributed by atoms with Gasteiger partial charge in [-0.15, -0.1) is 0 Å². The first-order valence-electron chi connectivity index (χ1n) is 15.6. The SMILES string of the molecule is Cc1nc2c(cc(-c3ccnc(N4CCN(C)CC4)c3)n2C)c(-c2cc(F)c3c(c2C)CCCO3)c1C(OC(C)(C)C)C(=O)O. The van der Waals surface area contributed by atoms with Crippen LogP contribution in [-0.2, 0) is 23.0 Å². The zero-order chi connectivity index (χ0) is 32.2. The summed E-state index contributed by atoms with van der Waals surface area (Å²) in [7, 11) is 4.08. The Balaban J connectivity index is 1.61. The number of fused-ring (bicyclic) bond motifs is 2. The molecule has 0 bridgehead atoms. The Kier molecular flexibility index (Phi) is 8.07. The highest BCUT2D eigenvalue weighted by Crippen LogP contribution is 2.45. The van der Waals surface area contributed by atoms with Crippen LogP contribution < -0.4 is 9.64 Å². The number of carboxylic acid groups (broad SMARTS) is 1. The van der Waals surface area contributed by atoms with E-state index in [0.29, 0.717) is 41.1 Å². The predicted molar refractivity (Wildman–Crippen MR) is 174 cm³/mol. The third-order valence-corrected chi connectivity index (χ3v) is 8.94. The van der Waals surface area contributed by atoms with Crippen molar-refractivity contribution in [3.05, 3.63) is 58.7 Å². The van der Waals surface area contributed by atoms with Gasteiger partial charge in [0, 0.05) is 72.8 Å². The average Bonchev–Trinajstić information content (AvgIpc) is 3.33. The van der Waals surface area contributed by atoms with Crippen molar-refractivity contribution < 1.29 is 23.8 Å². The highest BCUT2D eigenvalue weighted by molar-refractivity contribution is 6.01. The molecule has 3 aromatic heterocycles. The number of halogens is 1. The van der Waals surface area contributed by atoms with Crippen molar-refractivity contribution in [3.8, 4) is 28.1 Å². The molecule has 1 N–H and O–H groups in total. The minimum atomic E-state index is -1.32. The summed E-state index contributed by atoms with van der Waals surface area (Å²) in [5.41, 5.74) is 5.64. The number of piperazine rings is 1. The van der Waals surface area contributed by atoms with Crippen molar-refractivity contribution >= 4 is 22.8 Å². The molecule has 5 heterocycles. The molecule has 45 heavy (non-hydrogen) atoms. The van der Waals surface area contributed by atoms with Crippen LogP contribution in [0.25, 0.3) is 33.4 Å². The van der Waals surface area contributed by atoms with Gasteiger partial charge in [0.2, 0.25) is 0 Å². The number of carbonyl (C=O) groups is 1. The van der Waals surface area contributed by atoms with E-state index in [1.165, 1.54) is 6.07 Å². The zero-order valence-electron chi connectivity index (χ0n) is 27.2. The van der Waals surface area contributed by atoms with E-state index >= 15 is 4.39 Å². The highest BCUT2D eigenvalue weighted by Gasteiger charge is 2.34. The summed E-state index contributed by atoms with van der Waals surface area (Å²) in [5.74, 6) is -0.386. The van der Waals surface area contributed by atoms with Gasteiger partial charge in [-0.1, -0.05) is 0 Å². The molecule has 1 saturated heterocycles. The number of ether oxygens (including phenoxy) is 2. The summed E-state index contributed by atoms with van der Waals surface area (Å²) >= 11 is 0. The Morgan fingerprint density at radius 1 is 1.11 bits per heavy atom. The first-order valence-corrected chi connectivity index (χ1v) is 15.6. The number of rotatable bonds is 6. The van der Waals surface area contributed by atoms with Crippen LogP contribution >= 0.6 is 0 Å². The van der Waals surface area contributed by atoms with Gasteiger partial charge in [0.1, 0.15) is 11.5 Å². The lowest BCUT2D eigenvalue weighted by atomic mass is 9.86. The summed E-state index contributed by atoms with van der Waals surface area (Å²) in [6, 6.07) is 7.59. The van der Waals surface area contributed by atoms with Gasteiger partial charge in [-0.25, -0.2) is 19.2 Å². The molecule has 0 aliphatic carbocycles. The lowest BCUT2D eigenvalue weighted by Crippen LogP contribution is -2.44. The number of pyridine rings is 2. The first kappa shape index (κ1) is 31.0. The maximum absolute atomic E-state index is 15.7. The van der Waals surface area contributed by atoms with E-state index in [0.717, 1.165) is 66.2 Å². The van der Waals surface area contributed by atoms with Gasteiger partial charge >= 0.3 is 5.97 Å². The van der Waals surface area contributed by atoms with Crippen molar-refractivity contribution in [1.82, 2.24) is 19.4 Å². The molecule has 10 heteroatoms. The second kappa shape index (κ2) is 11.7. The monoisotopic (exact) mass is 615 g/mol. The molecule has 0 spiro atoms. The van der Waals surface area contributed by atoms with Gasteiger partial charge in [0.15, 0.2) is 17.7 Å². The Morgan fingerprint density at radius 2 is 1.84 bits per heavy atom. The average molecular weight is 616 g/mol. The number of aliphatic carboxylic acids is 1. The molecule has 1 fully saturated rings.